The number of hydrogen-bond donors (Lipinski definition) is 2. The molecule has 21 heavy (non-hydrogen) atoms. The minimum Gasteiger partial charge on any atom is -0.333 e. The lowest BCUT2D eigenvalue weighted by Gasteiger charge is -2.20. The van der Waals surface area contributed by atoms with E-state index in [2.05, 4.69) is 47.0 Å². The lowest BCUT2D eigenvalue weighted by Crippen LogP contribution is -2.43. The van der Waals surface area contributed by atoms with E-state index in [-0.39, 0.29) is 11.6 Å². The standard InChI is InChI=1S/C18H20N2O/c1-18(2,3)20-17(21)19-14-8-9-16-13(11-14)10-12-6-4-5-7-15(12)16/h4-9,11H,10H2,1-3H3,(H2,19,20,21). The maximum Gasteiger partial charge on any atom is 0.319 e. The van der Waals surface area contributed by atoms with Gasteiger partial charge in [-0.25, -0.2) is 4.79 Å². The van der Waals surface area contributed by atoms with Crippen molar-refractivity contribution in [3.63, 3.8) is 0 Å². The van der Waals surface area contributed by atoms with E-state index in [4.69, 9.17) is 0 Å². The lowest BCUT2D eigenvalue weighted by atomic mass is 10.1. The fourth-order valence-electron chi connectivity index (χ4n) is 2.73. The summed E-state index contributed by atoms with van der Waals surface area (Å²) in [6, 6.07) is 14.4. The molecular formula is C18H20N2O. The molecule has 1 aliphatic carbocycles. The summed E-state index contributed by atoms with van der Waals surface area (Å²) in [7, 11) is 0. The highest BCUT2D eigenvalue weighted by Crippen LogP contribution is 2.37. The second-order valence-corrected chi connectivity index (χ2v) is 6.53. The summed E-state index contributed by atoms with van der Waals surface area (Å²) in [5.41, 5.74) is 5.79. The van der Waals surface area contributed by atoms with Gasteiger partial charge in [0.1, 0.15) is 0 Å². The number of hydrogen-bond acceptors (Lipinski definition) is 1. The van der Waals surface area contributed by atoms with Crippen LogP contribution in [0.2, 0.25) is 0 Å². The Morgan fingerprint density at radius 2 is 1.71 bits per heavy atom. The summed E-state index contributed by atoms with van der Waals surface area (Å²) in [4.78, 5) is 11.9. The first-order chi connectivity index (χ1) is 9.92. The number of anilines is 1. The van der Waals surface area contributed by atoms with Gasteiger partial charge in [0.15, 0.2) is 0 Å². The number of rotatable bonds is 1. The topological polar surface area (TPSA) is 41.1 Å². The maximum absolute atomic E-state index is 11.9. The van der Waals surface area contributed by atoms with Gasteiger partial charge in [-0.15, -0.1) is 0 Å². The Morgan fingerprint density at radius 1 is 1.00 bits per heavy atom. The van der Waals surface area contributed by atoms with E-state index < -0.39 is 0 Å². The predicted molar refractivity (Wildman–Crippen MR) is 86.6 cm³/mol. The fourth-order valence-corrected chi connectivity index (χ4v) is 2.73. The Balaban J connectivity index is 1.80. The quantitative estimate of drug-likeness (QED) is 0.690. The Morgan fingerprint density at radius 3 is 2.48 bits per heavy atom. The summed E-state index contributed by atoms with van der Waals surface area (Å²) in [5.74, 6) is 0. The number of amides is 2. The van der Waals surface area contributed by atoms with Crippen molar-refractivity contribution in [2.45, 2.75) is 32.7 Å². The predicted octanol–water partition coefficient (Wildman–Crippen LogP) is 4.18. The molecule has 0 fully saturated rings. The van der Waals surface area contributed by atoms with Gasteiger partial charge in [-0.05, 0) is 61.6 Å². The summed E-state index contributed by atoms with van der Waals surface area (Å²) in [6.07, 6.45) is 0.932. The molecular weight excluding hydrogens is 260 g/mol. The molecule has 3 heteroatoms. The van der Waals surface area contributed by atoms with Gasteiger partial charge in [0, 0.05) is 11.2 Å². The number of urea groups is 1. The van der Waals surface area contributed by atoms with Gasteiger partial charge in [0.2, 0.25) is 0 Å². The number of fused-ring (bicyclic) bond motifs is 3. The van der Waals surface area contributed by atoms with Crippen molar-refractivity contribution in [2.24, 2.45) is 0 Å². The molecule has 3 nitrogen and oxygen atoms in total. The van der Waals surface area contributed by atoms with Crippen LogP contribution in [0.25, 0.3) is 11.1 Å². The van der Waals surface area contributed by atoms with Gasteiger partial charge >= 0.3 is 6.03 Å². The molecule has 1 aliphatic rings. The molecule has 0 aliphatic heterocycles. The van der Waals surface area contributed by atoms with Crippen LogP contribution in [-0.4, -0.2) is 11.6 Å². The molecule has 0 unspecified atom stereocenters. The van der Waals surface area contributed by atoms with Crippen molar-refractivity contribution in [3.05, 3.63) is 53.6 Å². The van der Waals surface area contributed by atoms with Gasteiger partial charge in [0.25, 0.3) is 0 Å². The molecule has 3 rings (SSSR count). The molecule has 0 atom stereocenters. The van der Waals surface area contributed by atoms with Gasteiger partial charge in [0.05, 0.1) is 0 Å². The van der Waals surface area contributed by atoms with Crippen molar-refractivity contribution < 1.29 is 4.79 Å². The van der Waals surface area contributed by atoms with Crippen molar-refractivity contribution in [3.8, 4) is 11.1 Å². The molecule has 0 bridgehead atoms. The van der Waals surface area contributed by atoms with E-state index in [1.54, 1.807) is 0 Å². The first kappa shape index (κ1) is 13.7. The molecule has 0 spiro atoms. The summed E-state index contributed by atoms with van der Waals surface area (Å²) in [6.45, 7) is 5.89. The van der Waals surface area contributed by atoms with E-state index in [9.17, 15) is 4.79 Å². The minimum absolute atomic E-state index is 0.169. The van der Waals surface area contributed by atoms with Crippen LogP contribution < -0.4 is 10.6 Å². The molecule has 2 amide bonds. The zero-order valence-corrected chi connectivity index (χ0v) is 12.7. The van der Waals surface area contributed by atoms with E-state index >= 15 is 0 Å². The number of carbonyl (C=O) groups excluding carboxylic acids is 1. The van der Waals surface area contributed by atoms with Gasteiger partial charge < -0.3 is 10.6 Å². The van der Waals surface area contributed by atoms with Crippen LogP contribution >= 0.6 is 0 Å². The second kappa shape index (κ2) is 4.92. The zero-order valence-electron chi connectivity index (χ0n) is 12.7. The highest BCUT2D eigenvalue weighted by Gasteiger charge is 2.19. The van der Waals surface area contributed by atoms with Crippen LogP contribution in [0.15, 0.2) is 42.5 Å². The van der Waals surface area contributed by atoms with Crippen LogP contribution in [0, 0.1) is 0 Å². The molecule has 0 aromatic heterocycles. The summed E-state index contributed by atoms with van der Waals surface area (Å²) in [5, 5.41) is 5.81. The van der Waals surface area contributed by atoms with E-state index in [1.807, 2.05) is 26.8 Å². The smallest absolute Gasteiger partial charge is 0.319 e. The van der Waals surface area contributed by atoms with E-state index in [0.717, 1.165) is 12.1 Å². The first-order valence-electron chi connectivity index (χ1n) is 7.23. The Kier molecular flexibility index (Phi) is 3.20. The molecule has 2 N–H and O–H groups in total. The Hall–Kier alpha value is -2.29. The zero-order chi connectivity index (χ0) is 15.0. The van der Waals surface area contributed by atoms with Gasteiger partial charge in [-0.1, -0.05) is 30.3 Å². The van der Waals surface area contributed by atoms with Crippen LogP contribution in [0.5, 0.6) is 0 Å². The largest absolute Gasteiger partial charge is 0.333 e. The lowest BCUT2D eigenvalue weighted by molar-refractivity contribution is 0.244. The molecule has 0 heterocycles. The third kappa shape index (κ3) is 2.92. The fraction of sp³-hybridized carbons (Fsp3) is 0.278. The van der Waals surface area contributed by atoms with E-state index in [0.29, 0.717) is 0 Å². The SMILES string of the molecule is CC(C)(C)NC(=O)Nc1ccc2c(c1)Cc1ccccc1-2. The number of carbonyl (C=O) groups is 1. The second-order valence-electron chi connectivity index (χ2n) is 6.53. The molecule has 2 aromatic rings. The van der Waals surface area contributed by atoms with Crippen LogP contribution in [0.4, 0.5) is 10.5 Å². The highest BCUT2D eigenvalue weighted by molar-refractivity contribution is 5.91. The van der Waals surface area contributed by atoms with Crippen LogP contribution in [0.1, 0.15) is 31.9 Å². The van der Waals surface area contributed by atoms with Crippen molar-refractivity contribution >= 4 is 11.7 Å². The van der Waals surface area contributed by atoms with Crippen LogP contribution in [-0.2, 0) is 6.42 Å². The van der Waals surface area contributed by atoms with Gasteiger partial charge in [-0.3, -0.25) is 0 Å². The maximum atomic E-state index is 11.9. The summed E-state index contributed by atoms with van der Waals surface area (Å²) >= 11 is 0. The van der Waals surface area contributed by atoms with E-state index in [1.165, 1.54) is 22.3 Å². The third-order valence-electron chi connectivity index (χ3n) is 3.54. The Bertz CT molecular complexity index is 699. The molecule has 108 valence electrons. The number of benzene rings is 2. The first-order valence-corrected chi connectivity index (χ1v) is 7.23. The molecule has 0 saturated heterocycles. The highest BCUT2D eigenvalue weighted by atomic mass is 16.2. The molecule has 0 radical (unpaired) electrons. The third-order valence-corrected chi connectivity index (χ3v) is 3.54. The van der Waals surface area contributed by atoms with Crippen LogP contribution in [0.3, 0.4) is 0 Å². The monoisotopic (exact) mass is 280 g/mol. The molecule has 0 saturated carbocycles. The molecule has 2 aromatic carbocycles. The number of nitrogens with one attached hydrogen (secondary N) is 2. The average molecular weight is 280 g/mol. The average Bonchev–Trinajstić information content (AvgIpc) is 2.73. The van der Waals surface area contributed by atoms with Crippen molar-refractivity contribution in [1.82, 2.24) is 5.32 Å². The van der Waals surface area contributed by atoms with Gasteiger partial charge in [-0.2, -0.15) is 0 Å². The normalized spacial score (nSPS) is 12.5. The van der Waals surface area contributed by atoms with Crippen molar-refractivity contribution in [1.29, 1.82) is 0 Å². The minimum atomic E-state index is -0.239. The Labute approximate surface area is 125 Å². The summed E-state index contributed by atoms with van der Waals surface area (Å²) < 4.78 is 0. The van der Waals surface area contributed by atoms with Crippen molar-refractivity contribution in [2.75, 3.05) is 5.32 Å².